The number of epoxide rings is 1. The molecular formula is C21H18N2O3. The van der Waals surface area contributed by atoms with Gasteiger partial charge in [0.15, 0.2) is 0 Å². The fourth-order valence-corrected chi connectivity index (χ4v) is 4.76. The second-order valence-corrected chi connectivity index (χ2v) is 7.58. The number of ether oxygens (including phenoxy) is 1. The fraction of sp³-hybridized carbons (Fsp3) is 0.333. The lowest BCUT2D eigenvalue weighted by atomic mass is 9.78. The van der Waals surface area contributed by atoms with Crippen LogP contribution in [0.2, 0.25) is 0 Å². The van der Waals surface area contributed by atoms with Crippen LogP contribution < -0.4 is 5.56 Å². The maximum Gasteiger partial charge on any atom is 0.255 e. The van der Waals surface area contributed by atoms with Crippen LogP contribution in [0.1, 0.15) is 30.0 Å². The molecule has 2 aromatic heterocycles. The smallest absolute Gasteiger partial charge is 0.255 e. The van der Waals surface area contributed by atoms with Gasteiger partial charge in [-0.2, -0.15) is 0 Å². The maximum absolute atomic E-state index is 13.2. The molecule has 2 aliphatic heterocycles. The minimum Gasteiger partial charge on any atom is -0.382 e. The predicted octanol–water partition coefficient (Wildman–Crippen LogP) is 2.35. The van der Waals surface area contributed by atoms with Crippen molar-refractivity contribution in [1.29, 1.82) is 0 Å². The zero-order chi connectivity index (χ0) is 17.6. The molecule has 4 heterocycles. The third kappa shape index (κ3) is 1.67. The monoisotopic (exact) mass is 346 g/mol. The Balaban J connectivity index is 1.64. The van der Waals surface area contributed by atoms with Crippen molar-refractivity contribution >= 4 is 10.9 Å². The third-order valence-electron chi connectivity index (χ3n) is 6.24. The first kappa shape index (κ1) is 14.6. The molecule has 3 aromatic rings. The Kier molecular flexibility index (Phi) is 2.60. The molecule has 0 amide bonds. The van der Waals surface area contributed by atoms with Gasteiger partial charge < -0.3 is 14.4 Å². The van der Waals surface area contributed by atoms with E-state index in [4.69, 9.17) is 9.72 Å². The summed E-state index contributed by atoms with van der Waals surface area (Å²) in [5.74, 6) is 0. The Morgan fingerprint density at radius 1 is 1.35 bits per heavy atom. The van der Waals surface area contributed by atoms with Crippen LogP contribution in [0, 0.1) is 0 Å². The average molecular weight is 346 g/mol. The first-order chi connectivity index (χ1) is 12.6. The molecule has 0 saturated carbocycles. The molecule has 6 rings (SSSR count). The van der Waals surface area contributed by atoms with Crippen molar-refractivity contribution < 1.29 is 9.84 Å². The van der Waals surface area contributed by atoms with E-state index in [1.807, 2.05) is 37.3 Å². The van der Waals surface area contributed by atoms with Crippen LogP contribution in [0.4, 0.5) is 0 Å². The van der Waals surface area contributed by atoms with Crippen LogP contribution in [-0.4, -0.2) is 26.9 Å². The van der Waals surface area contributed by atoms with Crippen LogP contribution in [-0.2, 0) is 23.3 Å². The Labute approximate surface area is 149 Å². The van der Waals surface area contributed by atoms with E-state index in [9.17, 15) is 9.90 Å². The Morgan fingerprint density at radius 2 is 2.19 bits per heavy atom. The van der Waals surface area contributed by atoms with Crippen molar-refractivity contribution in [3.63, 3.8) is 0 Å². The van der Waals surface area contributed by atoms with Gasteiger partial charge in [0.2, 0.25) is 0 Å². The maximum atomic E-state index is 13.2. The topological polar surface area (TPSA) is 67.7 Å². The summed E-state index contributed by atoms with van der Waals surface area (Å²) >= 11 is 0. The van der Waals surface area contributed by atoms with Gasteiger partial charge in [-0.15, -0.1) is 0 Å². The summed E-state index contributed by atoms with van der Waals surface area (Å²) in [5, 5.41) is 12.3. The number of aliphatic hydroxyl groups is 1. The fourth-order valence-electron chi connectivity index (χ4n) is 4.76. The second-order valence-electron chi connectivity index (χ2n) is 7.58. The number of aromatic nitrogens is 2. The highest BCUT2D eigenvalue weighted by Crippen LogP contribution is 2.49. The lowest BCUT2D eigenvalue weighted by molar-refractivity contribution is 0.00157. The first-order valence-electron chi connectivity index (χ1n) is 9.14. The second kappa shape index (κ2) is 4.61. The number of pyridine rings is 2. The van der Waals surface area contributed by atoms with Crippen LogP contribution in [0.25, 0.3) is 22.3 Å². The van der Waals surface area contributed by atoms with Gasteiger partial charge in [0.1, 0.15) is 11.7 Å². The SMILES string of the molecule is CCC1(O)c2cc3n(c(=O)c2CC2OC21)Cc1cc2ccccc2nc1-3. The molecule has 26 heavy (non-hydrogen) atoms. The molecule has 1 N–H and O–H groups in total. The molecule has 1 aliphatic carbocycles. The molecule has 3 unspecified atom stereocenters. The molecule has 0 radical (unpaired) electrons. The van der Waals surface area contributed by atoms with Crippen molar-refractivity contribution in [3.05, 3.63) is 63.4 Å². The van der Waals surface area contributed by atoms with Gasteiger partial charge in [0.05, 0.1) is 29.6 Å². The van der Waals surface area contributed by atoms with Crippen molar-refractivity contribution in [2.24, 2.45) is 0 Å². The highest BCUT2D eigenvalue weighted by atomic mass is 16.6. The van der Waals surface area contributed by atoms with E-state index in [1.54, 1.807) is 4.57 Å². The summed E-state index contributed by atoms with van der Waals surface area (Å²) in [4.78, 5) is 18.0. The Morgan fingerprint density at radius 3 is 3.04 bits per heavy atom. The minimum absolute atomic E-state index is 0.0135. The van der Waals surface area contributed by atoms with Crippen molar-refractivity contribution in [2.75, 3.05) is 0 Å². The number of hydrogen-bond donors (Lipinski definition) is 1. The van der Waals surface area contributed by atoms with Crippen LogP contribution in [0.5, 0.6) is 0 Å². The molecule has 3 aliphatic rings. The lowest BCUT2D eigenvalue weighted by Gasteiger charge is -2.31. The Bertz CT molecular complexity index is 1170. The molecule has 5 nitrogen and oxygen atoms in total. The van der Waals surface area contributed by atoms with E-state index in [0.717, 1.165) is 33.4 Å². The first-order valence-corrected chi connectivity index (χ1v) is 9.14. The normalized spacial score (nSPS) is 27.6. The van der Waals surface area contributed by atoms with E-state index in [-0.39, 0.29) is 17.8 Å². The average Bonchev–Trinajstić information content (AvgIpc) is 3.36. The molecular weight excluding hydrogens is 328 g/mol. The lowest BCUT2D eigenvalue weighted by Crippen LogP contribution is -2.41. The van der Waals surface area contributed by atoms with Gasteiger partial charge >= 0.3 is 0 Å². The largest absolute Gasteiger partial charge is 0.382 e. The molecule has 0 spiro atoms. The van der Waals surface area contributed by atoms with Gasteiger partial charge in [-0.3, -0.25) is 4.79 Å². The zero-order valence-corrected chi connectivity index (χ0v) is 14.4. The number of rotatable bonds is 1. The predicted molar refractivity (Wildman–Crippen MR) is 97.1 cm³/mol. The van der Waals surface area contributed by atoms with Gasteiger partial charge in [-0.25, -0.2) is 4.98 Å². The summed E-state index contributed by atoms with van der Waals surface area (Å²) in [6.45, 7) is 2.48. The number of fused-ring (bicyclic) bond motifs is 6. The van der Waals surface area contributed by atoms with Crippen LogP contribution in [0.3, 0.4) is 0 Å². The highest BCUT2D eigenvalue weighted by Gasteiger charge is 2.58. The summed E-state index contributed by atoms with van der Waals surface area (Å²) in [6.07, 6.45) is 0.908. The molecule has 1 fully saturated rings. The number of benzene rings is 1. The van der Waals surface area contributed by atoms with Gasteiger partial charge in [0.25, 0.3) is 5.56 Å². The molecule has 1 aromatic carbocycles. The standard InChI is InChI=1S/C21H18N2O3/c1-2-21(25)14-9-16-18-12(7-11-5-3-4-6-15(11)22-18)10-23(16)20(24)13(14)8-17-19(21)26-17/h3-7,9,17,19,25H,2,8,10H2,1H3. The molecule has 130 valence electrons. The molecule has 5 heteroatoms. The van der Waals surface area contributed by atoms with Gasteiger partial charge in [-0.05, 0) is 30.2 Å². The molecule has 0 bridgehead atoms. The Hall–Kier alpha value is -2.50. The highest BCUT2D eigenvalue weighted by molar-refractivity contribution is 5.84. The van der Waals surface area contributed by atoms with E-state index in [1.165, 1.54) is 0 Å². The summed E-state index contributed by atoms with van der Waals surface area (Å²) in [5.41, 5.74) is 3.98. The van der Waals surface area contributed by atoms with E-state index in [2.05, 4.69) is 6.07 Å². The third-order valence-corrected chi connectivity index (χ3v) is 6.24. The quantitative estimate of drug-likeness (QED) is 0.537. The number of para-hydroxylation sites is 1. The van der Waals surface area contributed by atoms with Crippen molar-refractivity contribution in [2.45, 2.75) is 44.1 Å². The van der Waals surface area contributed by atoms with Gasteiger partial charge in [-0.1, -0.05) is 25.1 Å². The molecule has 3 atom stereocenters. The summed E-state index contributed by atoms with van der Waals surface area (Å²) in [6, 6.07) is 12.1. The number of nitrogens with zero attached hydrogens (tertiary/aromatic N) is 2. The van der Waals surface area contributed by atoms with Crippen molar-refractivity contribution in [3.8, 4) is 11.4 Å². The number of hydrogen-bond acceptors (Lipinski definition) is 4. The summed E-state index contributed by atoms with van der Waals surface area (Å²) in [7, 11) is 0. The van der Waals surface area contributed by atoms with E-state index < -0.39 is 5.60 Å². The van der Waals surface area contributed by atoms with Crippen LogP contribution in [0.15, 0.2) is 41.2 Å². The van der Waals surface area contributed by atoms with E-state index in [0.29, 0.717) is 24.9 Å². The van der Waals surface area contributed by atoms with Gasteiger partial charge in [0, 0.05) is 22.9 Å². The van der Waals surface area contributed by atoms with Crippen molar-refractivity contribution in [1.82, 2.24) is 9.55 Å². The molecule has 1 saturated heterocycles. The van der Waals surface area contributed by atoms with Crippen LogP contribution >= 0.6 is 0 Å². The zero-order valence-electron chi connectivity index (χ0n) is 14.4. The minimum atomic E-state index is -1.08. The summed E-state index contributed by atoms with van der Waals surface area (Å²) < 4.78 is 7.47. The van der Waals surface area contributed by atoms with E-state index >= 15 is 0 Å².